The van der Waals surface area contributed by atoms with Gasteiger partial charge in [-0.1, -0.05) is 205 Å². The number of carboxylic acid groups (broad SMARTS) is 1. The molecular weight excluding hydrogens is 1960 g/mol. The monoisotopic (exact) mass is 2020 g/mol. The van der Waals surface area contributed by atoms with E-state index in [4.69, 9.17) is 66.3 Å². The Balaban J connectivity index is 0.000000147. The Morgan fingerprint density at radius 2 is 0.358 bits per heavy atom. The second-order valence-corrected chi connectivity index (χ2v) is 31.0. The van der Waals surface area contributed by atoms with E-state index in [1.165, 1.54) is 38.1 Å². The maximum atomic E-state index is 11.2. The number of benzene rings is 14. The molecule has 0 saturated heterocycles. The predicted molar refractivity (Wildman–Crippen MR) is 508 cm³/mol. The number of carbonyl (C=O) groups excluding carboxylic acids is 3. The normalized spacial score (nSPS) is 10.4. The van der Waals surface area contributed by atoms with E-state index < -0.39 is 17.9 Å². The number of ether oxygens (including phenoxy) is 14. The van der Waals surface area contributed by atoms with Crippen molar-refractivity contribution in [2.75, 3.05) is 0 Å². The van der Waals surface area contributed by atoms with Crippen molar-refractivity contribution in [1.29, 1.82) is 0 Å². The zero-order valence-corrected chi connectivity index (χ0v) is 79.7. The van der Waals surface area contributed by atoms with Crippen molar-refractivity contribution in [1.82, 2.24) is 59.8 Å². The molecule has 34 heteroatoms. The standard InChI is InChI=1S/C35H25N3O5.C25H21N3O5.C22H15N3O5.C21H12Br3N3O3.Na/c1-24(39)40-29-20-22-32(23-21-29)43-35-37-33(41-30-16-12-27(13-17-30)25-8-4-2-5-9-25)36-34(38-35)42-31-18-14-28(15-19-31)26-10-6-3-7-11-26;1-16-4-8-20(9-5-16)31-23-26-24(32-21-10-6-17(2)7-11-21)28-25(27-23)33-22-14-12-19(13-15-22)30-18(3)29;26-19(27)15-11-13-18(14-12-15)30-22-24-20(28-16-7-3-1-4-8-16)23-21(25-22)29-17-9-5-2-6-10-17;22-13-1-7-16(8-2-13)28-19-25-20(29-17-9-3-14(23)4-10-17)27-21(26-19)30-18-11-5-15(24)6-12-18;/h2-23H,1H3;4-15H,1-3H3;1-14H,(H,26,27);1-12H;/q;;;;+1/p-1. The van der Waals surface area contributed by atoms with Gasteiger partial charge in [-0.3, -0.25) is 9.59 Å². The molecule has 0 saturated carbocycles. The molecule has 4 heterocycles. The number of nitrogens with zero attached hydrogens (tertiary/aromatic N) is 12. The number of carbonyl (C=O) groups is 3. The van der Waals surface area contributed by atoms with Gasteiger partial charge in [-0.05, 0) is 260 Å². The van der Waals surface area contributed by atoms with Crippen molar-refractivity contribution < 1.29 is 115 Å². The van der Waals surface area contributed by atoms with Gasteiger partial charge in [0.25, 0.3) is 0 Å². The van der Waals surface area contributed by atoms with E-state index in [1.807, 2.05) is 244 Å². The molecule has 30 nitrogen and oxygen atoms in total. The fourth-order valence-corrected chi connectivity index (χ4v) is 12.4. The molecule has 0 atom stereocenters. The van der Waals surface area contributed by atoms with Gasteiger partial charge >= 0.3 is 114 Å². The summed E-state index contributed by atoms with van der Waals surface area (Å²) in [4.78, 5) is 84.2. The van der Waals surface area contributed by atoms with Crippen LogP contribution in [0.2, 0.25) is 0 Å². The minimum atomic E-state index is -1.28. The number of hydrogen-bond donors (Lipinski definition) is 0. The quantitative estimate of drug-likeness (QED) is 0.0239. The summed E-state index contributed by atoms with van der Waals surface area (Å²) in [6.07, 6.45) is 0. The van der Waals surface area contributed by atoms with Gasteiger partial charge in [0.1, 0.15) is 80.5 Å². The summed E-state index contributed by atoms with van der Waals surface area (Å²) in [5, 5.41) is 10.9. The van der Waals surface area contributed by atoms with Crippen molar-refractivity contribution in [3.05, 3.63) is 394 Å². The van der Waals surface area contributed by atoms with Gasteiger partial charge in [0.05, 0.1) is 5.97 Å². The van der Waals surface area contributed by atoms with E-state index in [9.17, 15) is 19.5 Å². The fraction of sp³-hybridized carbons (Fsp3) is 0.0388. The molecule has 0 unspecified atom stereocenters. The van der Waals surface area contributed by atoms with Crippen LogP contribution < -0.4 is 101 Å². The number of carboxylic acids is 1. The number of para-hydroxylation sites is 2. The fourth-order valence-electron chi connectivity index (χ4n) is 11.6. The molecule has 0 amide bonds. The van der Waals surface area contributed by atoms with Gasteiger partial charge in [-0.2, -0.15) is 0 Å². The maximum absolute atomic E-state index is 11.2. The summed E-state index contributed by atoms with van der Waals surface area (Å²) in [5.74, 6) is 4.78. The van der Waals surface area contributed by atoms with E-state index in [2.05, 4.69) is 108 Å². The van der Waals surface area contributed by atoms with Crippen LogP contribution in [0.5, 0.6) is 153 Å². The van der Waals surface area contributed by atoms with Crippen molar-refractivity contribution in [2.24, 2.45) is 0 Å². The molecule has 0 aliphatic heterocycles. The number of hydrogen-bond acceptors (Lipinski definition) is 30. The molecule has 18 aromatic rings. The van der Waals surface area contributed by atoms with Crippen LogP contribution in [0.1, 0.15) is 35.3 Å². The molecule has 0 N–H and O–H groups in total. The molecule has 137 heavy (non-hydrogen) atoms. The molecule has 0 fully saturated rings. The zero-order chi connectivity index (χ0) is 94.3. The molecule has 18 rings (SSSR count). The number of aromatic nitrogens is 12. The van der Waals surface area contributed by atoms with Crippen LogP contribution in [0.25, 0.3) is 22.3 Å². The first-order valence-electron chi connectivity index (χ1n) is 41.1. The van der Waals surface area contributed by atoms with Crippen LogP contribution in [0.3, 0.4) is 0 Å². The summed E-state index contributed by atoms with van der Waals surface area (Å²) in [5.41, 5.74) is 6.52. The van der Waals surface area contributed by atoms with E-state index in [0.717, 1.165) is 46.8 Å². The van der Waals surface area contributed by atoms with E-state index >= 15 is 0 Å². The van der Waals surface area contributed by atoms with Crippen LogP contribution in [0, 0.1) is 13.8 Å². The van der Waals surface area contributed by atoms with Crippen LogP contribution in [-0.4, -0.2) is 77.7 Å². The minimum Gasteiger partial charge on any atom is -0.545 e. The third kappa shape index (κ3) is 30.8. The Morgan fingerprint density at radius 3 is 0.555 bits per heavy atom. The van der Waals surface area contributed by atoms with E-state index in [0.29, 0.717) is 80.5 Å². The van der Waals surface area contributed by atoms with Crippen LogP contribution in [0.15, 0.2) is 377 Å². The SMILES string of the molecule is Brc1ccc(Oc2nc(Oc3ccc(Br)cc3)nc(Oc3ccc(Br)cc3)n2)cc1.CC(=O)Oc1ccc(Oc2nc(Oc3ccc(-c4ccccc4)cc3)nc(Oc3ccc(-c4ccccc4)cc3)n2)cc1.CC(=O)Oc1ccc(Oc2nc(Oc3ccc(C)cc3)nc(Oc3ccc(C)cc3)n2)cc1.O=C([O-])c1ccc(Oc2nc(Oc3ccccc3)nc(Oc3ccccc3)n2)cc1.[Na+]. The van der Waals surface area contributed by atoms with E-state index in [-0.39, 0.29) is 107 Å². The smallest absolute Gasteiger partial charge is 0.545 e. The summed E-state index contributed by atoms with van der Waals surface area (Å²) in [6.45, 7) is 6.64. The predicted octanol–water partition coefficient (Wildman–Crippen LogP) is 22.5. The van der Waals surface area contributed by atoms with Crippen LogP contribution in [0.4, 0.5) is 0 Å². The van der Waals surface area contributed by atoms with Crippen LogP contribution >= 0.6 is 47.8 Å². The van der Waals surface area contributed by atoms with Crippen molar-refractivity contribution >= 4 is 65.7 Å². The van der Waals surface area contributed by atoms with Gasteiger partial charge in [-0.15, -0.1) is 59.8 Å². The third-order valence-corrected chi connectivity index (χ3v) is 19.5. The molecule has 674 valence electrons. The Hall–Kier alpha value is -16.4. The third-order valence-electron chi connectivity index (χ3n) is 18.0. The van der Waals surface area contributed by atoms with Gasteiger partial charge in [0, 0.05) is 27.3 Å². The zero-order valence-electron chi connectivity index (χ0n) is 73.0. The summed E-state index contributed by atoms with van der Waals surface area (Å²) in [6, 6.07) is 109. The Morgan fingerprint density at radius 1 is 0.204 bits per heavy atom. The molecule has 0 spiro atoms. The van der Waals surface area contributed by atoms with Gasteiger partial charge < -0.3 is 76.2 Å². The number of aromatic carboxylic acids is 1. The van der Waals surface area contributed by atoms with Gasteiger partial charge in [0.2, 0.25) is 0 Å². The number of esters is 2. The van der Waals surface area contributed by atoms with Crippen molar-refractivity contribution in [3.8, 4) is 175 Å². The summed E-state index contributed by atoms with van der Waals surface area (Å²) < 4.78 is 82.4. The number of rotatable bonds is 29. The Kier molecular flexibility index (Phi) is 34.1. The Bertz CT molecular complexity index is 6630. The van der Waals surface area contributed by atoms with Gasteiger partial charge in [-0.25, -0.2) is 0 Å². The van der Waals surface area contributed by atoms with Crippen molar-refractivity contribution in [3.63, 3.8) is 0 Å². The molecule has 14 aromatic carbocycles. The first-order chi connectivity index (χ1) is 66.2. The van der Waals surface area contributed by atoms with Gasteiger partial charge in [0.15, 0.2) is 0 Å². The average Bonchev–Trinajstić information content (AvgIpc) is 0.837. The molecule has 4 aromatic heterocycles. The summed E-state index contributed by atoms with van der Waals surface area (Å²) >= 11 is 10.2. The topological polar surface area (TPSA) is 358 Å². The first kappa shape index (κ1) is 96.6. The second kappa shape index (κ2) is 48.3. The largest absolute Gasteiger partial charge is 1.00 e. The number of halogens is 3. The number of aryl methyl sites for hydroxylation is 2. The molecule has 0 aliphatic rings. The van der Waals surface area contributed by atoms with Crippen LogP contribution in [-0.2, 0) is 9.59 Å². The molecule has 0 radical (unpaired) electrons. The molecule has 0 bridgehead atoms. The van der Waals surface area contributed by atoms with Crippen molar-refractivity contribution in [2.45, 2.75) is 27.7 Å². The minimum absolute atomic E-state index is 0. The van der Waals surface area contributed by atoms with E-state index in [1.54, 1.807) is 109 Å². The first-order valence-corrected chi connectivity index (χ1v) is 43.5. The summed E-state index contributed by atoms with van der Waals surface area (Å²) in [7, 11) is 0. The molecular formula is C103H72Br3N12NaO18. The average molecular weight is 2030 g/mol. The second-order valence-electron chi connectivity index (χ2n) is 28.3. The maximum Gasteiger partial charge on any atom is 1.00 e. The Labute approximate surface area is 830 Å². The molecule has 0 aliphatic carbocycles.